The van der Waals surface area contributed by atoms with Gasteiger partial charge in [0.05, 0.1) is 18.8 Å². The van der Waals surface area contributed by atoms with Gasteiger partial charge in [0, 0.05) is 13.2 Å². The second kappa shape index (κ2) is 7.49. The van der Waals surface area contributed by atoms with Gasteiger partial charge in [-0.15, -0.1) is 0 Å². The first kappa shape index (κ1) is 15.1. The van der Waals surface area contributed by atoms with Crippen LogP contribution in [-0.4, -0.2) is 37.2 Å². The van der Waals surface area contributed by atoms with Gasteiger partial charge in [0.1, 0.15) is 12.7 Å². The van der Waals surface area contributed by atoms with E-state index in [9.17, 15) is 0 Å². The molecule has 6 nitrogen and oxygen atoms in total. The molecule has 6 heteroatoms. The average Bonchev–Trinajstić information content (AvgIpc) is 2.62. The number of aromatic nitrogens is 1. The Bertz CT molecular complexity index is 661. The molecule has 1 aliphatic heterocycles. The summed E-state index contributed by atoms with van der Waals surface area (Å²) >= 11 is 0. The van der Waals surface area contributed by atoms with Crippen molar-refractivity contribution in [2.45, 2.75) is 12.6 Å². The van der Waals surface area contributed by atoms with Crippen molar-refractivity contribution in [2.24, 2.45) is 4.99 Å². The highest BCUT2D eigenvalue weighted by Gasteiger charge is 2.20. The quantitative estimate of drug-likeness (QED) is 0.663. The Kier molecular flexibility index (Phi) is 4.93. The van der Waals surface area contributed by atoms with Crippen LogP contribution in [0, 0.1) is 0 Å². The number of nitrogens with zero attached hydrogens (tertiary/aromatic N) is 2. The zero-order valence-electron chi connectivity index (χ0n) is 13.0. The summed E-state index contributed by atoms with van der Waals surface area (Å²) in [5.74, 6) is 2.28. The van der Waals surface area contributed by atoms with E-state index in [0.29, 0.717) is 25.7 Å². The van der Waals surface area contributed by atoms with Gasteiger partial charge in [-0.25, -0.2) is 0 Å². The van der Waals surface area contributed by atoms with Gasteiger partial charge in [-0.3, -0.25) is 9.98 Å². The number of fused-ring (bicyclic) bond motifs is 1. The molecule has 2 heterocycles. The number of hydrogen-bond donors (Lipinski definition) is 2. The van der Waals surface area contributed by atoms with Gasteiger partial charge in [-0.05, 0) is 24.3 Å². The van der Waals surface area contributed by atoms with Crippen LogP contribution in [0.15, 0.2) is 53.7 Å². The lowest BCUT2D eigenvalue weighted by Crippen LogP contribution is -2.45. The van der Waals surface area contributed by atoms with Gasteiger partial charge in [0.25, 0.3) is 0 Å². The molecule has 23 heavy (non-hydrogen) atoms. The highest BCUT2D eigenvalue weighted by atomic mass is 16.6. The lowest BCUT2D eigenvalue weighted by molar-refractivity contribution is 0.0936. The molecular weight excluding hydrogens is 292 g/mol. The largest absolute Gasteiger partial charge is 0.486 e. The van der Waals surface area contributed by atoms with E-state index in [-0.39, 0.29) is 6.10 Å². The van der Waals surface area contributed by atoms with Gasteiger partial charge in [0.2, 0.25) is 0 Å². The first-order valence-electron chi connectivity index (χ1n) is 7.58. The average molecular weight is 312 g/mol. The standard InChI is InChI=1S/C17H20N4O2/c1-18-17(20-10-13-6-4-5-9-19-13)21-11-14-12-22-15-7-2-3-8-16(15)23-14/h2-9,14H,10-12H2,1H3,(H2,18,20,21). The Hall–Kier alpha value is -2.76. The Balaban J connectivity index is 1.47. The lowest BCUT2D eigenvalue weighted by Gasteiger charge is -2.27. The third-order valence-corrected chi connectivity index (χ3v) is 3.45. The second-order valence-electron chi connectivity index (χ2n) is 5.13. The molecule has 1 atom stereocenters. The van der Waals surface area contributed by atoms with Crippen LogP contribution in [0.25, 0.3) is 0 Å². The maximum atomic E-state index is 5.91. The molecule has 3 rings (SSSR count). The van der Waals surface area contributed by atoms with Crippen molar-refractivity contribution in [2.75, 3.05) is 20.2 Å². The SMILES string of the molecule is CN=C(NCc1ccccn1)NCC1COc2ccccc2O1. The van der Waals surface area contributed by atoms with Crippen molar-refractivity contribution >= 4 is 5.96 Å². The molecule has 0 spiro atoms. The lowest BCUT2D eigenvalue weighted by atomic mass is 10.2. The number of pyridine rings is 1. The summed E-state index contributed by atoms with van der Waals surface area (Å²) in [6.07, 6.45) is 1.72. The molecule has 2 aromatic rings. The van der Waals surface area contributed by atoms with Crippen LogP contribution in [-0.2, 0) is 6.54 Å². The Morgan fingerprint density at radius 2 is 2.00 bits per heavy atom. The fraction of sp³-hybridized carbons (Fsp3) is 0.294. The predicted octanol–water partition coefficient (Wildman–Crippen LogP) is 1.59. The fourth-order valence-electron chi connectivity index (χ4n) is 2.27. The van der Waals surface area contributed by atoms with Gasteiger partial charge >= 0.3 is 0 Å². The van der Waals surface area contributed by atoms with Gasteiger partial charge in [0.15, 0.2) is 17.5 Å². The first-order chi connectivity index (χ1) is 11.3. The molecule has 0 saturated heterocycles. The summed E-state index contributed by atoms with van der Waals surface area (Å²) in [7, 11) is 1.74. The minimum Gasteiger partial charge on any atom is -0.486 e. The molecule has 1 unspecified atom stereocenters. The third kappa shape index (κ3) is 4.12. The number of benzene rings is 1. The summed E-state index contributed by atoms with van der Waals surface area (Å²) in [6.45, 7) is 1.74. The zero-order valence-corrected chi connectivity index (χ0v) is 13.0. The predicted molar refractivity (Wildman–Crippen MR) is 88.8 cm³/mol. The number of para-hydroxylation sites is 2. The van der Waals surface area contributed by atoms with E-state index >= 15 is 0 Å². The van der Waals surface area contributed by atoms with Crippen molar-refractivity contribution < 1.29 is 9.47 Å². The molecule has 0 saturated carbocycles. The molecule has 0 radical (unpaired) electrons. The molecule has 0 fully saturated rings. The minimum atomic E-state index is -0.0571. The van der Waals surface area contributed by atoms with E-state index < -0.39 is 0 Å². The number of aliphatic imine (C=N–C) groups is 1. The number of guanidine groups is 1. The van der Waals surface area contributed by atoms with Gasteiger partial charge in [-0.1, -0.05) is 18.2 Å². The molecule has 1 aromatic heterocycles. The van der Waals surface area contributed by atoms with Crippen molar-refractivity contribution in [1.82, 2.24) is 15.6 Å². The highest BCUT2D eigenvalue weighted by Crippen LogP contribution is 2.30. The number of nitrogens with one attached hydrogen (secondary N) is 2. The third-order valence-electron chi connectivity index (χ3n) is 3.45. The van der Waals surface area contributed by atoms with Crippen LogP contribution in [0.2, 0.25) is 0 Å². The monoisotopic (exact) mass is 312 g/mol. The summed E-state index contributed by atoms with van der Waals surface area (Å²) in [4.78, 5) is 8.47. The fourth-order valence-corrected chi connectivity index (χ4v) is 2.27. The van der Waals surface area contributed by atoms with E-state index in [4.69, 9.17) is 9.47 Å². The van der Waals surface area contributed by atoms with Crippen molar-refractivity contribution in [3.63, 3.8) is 0 Å². The highest BCUT2D eigenvalue weighted by molar-refractivity contribution is 5.79. The van der Waals surface area contributed by atoms with Gasteiger partial charge in [-0.2, -0.15) is 0 Å². The van der Waals surface area contributed by atoms with E-state index in [1.165, 1.54) is 0 Å². The molecule has 0 aliphatic carbocycles. The summed E-state index contributed by atoms with van der Waals surface area (Å²) in [5, 5.41) is 6.47. The maximum absolute atomic E-state index is 5.91. The summed E-state index contributed by atoms with van der Waals surface area (Å²) in [6, 6.07) is 13.5. The molecule has 1 aliphatic rings. The van der Waals surface area contributed by atoms with E-state index in [1.807, 2.05) is 42.5 Å². The Morgan fingerprint density at radius 3 is 2.78 bits per heavy atom. The normalized spacial score (nSPS) is 16.7. The number of rotatable bonds is 4. The topological polar surface area (TPSA) is 67.8 Å². The Morgan fingerprint density at radius 1 is 1.17 bits per heavy atom. The molecule has 0 amide bonds. The van der Waals surface area contributed by atoms with Crippen LogP contribution >= 0.6 is 0 Å². The molecular formula is C17H20N4O2. The van der Waals surface area contributed by atoms with Gasteiger partial charge < -0.3 is 20.1 Å². The molecule has 2 N–H and O–H groups in total. The first-order valence-corrected chi connectivity index (χ1v) is 7.58. The maximum Gasteiger partial charge on any atom is 0.191 e. The van der Waals surface area contributed by atoms with Crippen LogP contribution < -0.4 is 20.1 Å². The van der Waals surface area contributed by atoms with E-state index in [2.05, 4.69) is 20.6 Å². The number of ether oxygens (including phenoxy) is 2. The summed E-state index contributed by atoms with van der Waals surface area (Å²) < 4.78 is 11.6. The van der Waals surface area contributed by atoms with E-state index in [1.54, 1.807) is 13.2 Å². The number of hydrogen-bond acceptors (Lipinski definition) is 4. The second-order valence-corrected chi connectivity index (χ2v) is 5.13. The molecule has 120 valence electrons. The van der Waals surface area contributed by atoms with Crippen molar-refractivity contribution in [3.8, 4) is 11.5 Å². The Labute approximate surface area is 135 Å². The summed E-state index contributed by atoms with van der Waals surface area (Å²) in [5.41, 5.74) is 0.960. The van der Waals surface area contributed by atoms with Crippen LogP contribution in [0.1, 0.15) is 5.69 Å². The molecule has 1 aromatic carbocycles. The van der Waals surface area contributed by atoms with Crippen LogP contribution in [0.4, 0.5) is 0 Å². The van der Waals surface area contributed by atoms with Crippen LogP contribution in [0.5, 0.6) is 11.5 Å². The molecule has 0 bridgehead atoms. The van der Waals surface area contributed by atoms with E-state index in [0.717, 1.165) is 17.2 Å². The van der Waals surface area contributed by atoms with Crippen molar-refractivity contribution in [3.05, 3.63) is 54.4 Å². The smallest absolute Gasteiger partial charge is 0.191 e. The van der Waals surface area contributed by atoms with Crippen molar-refractivity contribution in [1.29, 1.82) is 0 Å². The van der Waals surface area contributed by atoms with Crippen LogP contribution in [0.3, 0.4) is 0 Å². The minimum absolute atomic E-state index is 0.0571. The zero-order chi connectivity index (χ0) is 15.9.